The van der Waals surface area contributed by atoms with Gasteiger partial charge in [0.15, 0.2) is 0 Å². The van der Waals surface area contributed by atoms with Crippen molar-refractivity contribution in [2.45, 2.75) is 25.8 Å². The normalized spacial score (nSPS) is 20.7. The van der Waals surface area contributed by atoms with E-state index in [9.17, 15) is 4.79 Å². The summed E-state index contributed by atoms with van der Waals surface area (Å²) in [5, 5.41) is 6.36. The van der Waals surface area contributed by atoms with Crippen LogP contribution < -0.4 is 15.4 Å². The molecule has 23 heavy (non-hydrogen) atoms. The molecule has 0 spiro atoms. The molecule has 2 heterocycles. The van der Waals surface area contributed by atoms with Crippen LogP contribution in [0.3, 0.4) is 0 Å². The Morgan fingerprint density at radius 1 is 1.26 bits per heavy atom. The maximum atomic E-state index is 12.4. The third-order valence-electron chi connectivity index (χ3n) is 3.98. The first kappa shape index (κ1) is 15.5. The minimum absolute atomic E-state index is 0.0658. The summed E-state index contributed by atoms with van der Waals surface area (Å²) in [6, 6.07) is 11.4. The zero-order valence-corrected chi connectivity index (χ0v) is 13.2. The van der Waals surface area contributed by atoms with Crippen LogP contribution >= 0.6 is 0 Å². The lowest BCUT2D eigenvalue weighted by Gasteiger charge is -2.27. The second-order valence-electron chi connectivity index (χ2n) is 5.88. The molecule has 0 bridgehead atoms. The van der Waals surface area contributed by atoms with Crippen molar-refractivity contribution in [3.63, 3.8) is 0 Å². The maximum Gasteiger partial charge on any atom is 0.227 e. The number of carbonyl (C=O) groups is 1. The van der Waals surface area contributed by atoms with Crippen LogP contribution in [0.1, 0.15) is 19.8 Å². The number of nitrogens with one attached hydrogen (secondary N) is 2. The number of anilines is 1. The van der Waals surface area contributed by atoms with Crippen LogP contribution in [-0.2, 0) is 4.79 Å². The third-order valence-corrected chi connectivity index (χ3v) is 3.98. The molecule has 3 rings (SSSR count). The lowest BCUT2D eigenvalue weighted by Crippen LogP contribution is -2.40. The summed E-state index contributed by atoms with van der Waals surface area (Å²) in [4.78, 5) is 16.4. The molecule has 5 nitrogen and oxygen atoms in total. The SMILES string of the molecule is C[C@H]1C[C@@H](C(=O)Nc2cccc(Oc3ccncc3)c2)CCN1. The first-order valence-corrected chi connectivity index (χ1v) is 7.93. The van der Waals surface area contributed by atoms with Gasteiger partial charge >= 0.3 is 0 Å². The van der Waals surface area contributed by atoms with Crippen molar-refractivity contribution in [2.75, 3.05) is 11.9 Å². The van der Waals surface area contributed by atoms with Crippen LogP contribution in [0.5, 0.6) is 11.5 Å². The van der Waals surface area contributed by atoms with Crippen LogP contribution in [0, 0.1) is 5.92 Å². The Bertz CT molecular complexity index is 660. The molecule has 1 saturated heterocycles. The highest BCUT2D eigenvalue weighted by molar-refractivity contribution is 5.92. The molecular weight excluding hydrogens is 290 g/mol. The summed E-state index contributed by atoms with van der Waals surface area (Å²) in [5.74, 6) is 1.55. The highest BCUT2D eigenvalue weighted by atomic mass is 16.5. The lowest BCUT2D eigenvalue weighted by atomic mass is 9.92. The van der Waals surface area contributed by atoms with Gasteiger partial charge in [-0.2, -0.15) is 0 Å². The van der Waals surface area contributed by atoms with Gasteiger partial charge in [-0.15, -0.1) is 0 Å². The molecule has 1 fully saturated rings. The molecule has 120 valence electrons. The number of ether oxygens (including phenoxy) is 1. The topological polar surface area (TPSA) is 63.2 Å². The van der Waals surface area contributed by atoms with E-state index in [1.165, 1.54) is 0 Å². The molecule has 1 aromatic heterocycles. The zero-order valence-electron chi connectivity index (χ0n) is 13.2. The first-order chi connectivity index (χ1) is 11.2. The molecule has 0 unspecified atom stereocenters. The minimum atomic E-state index is 0.0658. The number of amides is 1. The molecule has 1 aliphatic rings. The number of hydrogen-bond donors (Lipinski definition) is 2. The Morgan fingerprint density at radius 3 is 2.87 bits per heavy atom. The number of pyridine rings is 1. The Kier molecular flexibility index (Phi) is 4.88. The van der Waals surface area contributed by atoms with Crippen molar-refractivity contribution in [3.8, 4) is 11.5 Å². The van der Waals surface area contributed by atoms with E-state index in [1.54, 1.807) is 24.5 Å². The molecule has 1 amide bonds. The van der Waals surface area contributed by atoms with Crippen molar-refractivity contribution in [1.82, 2.24) is 10.3 Å². The highest BCUT2D eigenvalue weighted by Gasteiger charge is 2.24. The average molecular weight is 311 g/mol. The quantitative estimate of drug-likeness (QED) is 0.910. The van der Waals surface area contributed by atoms with E-state index >= 15 is 0 Å². The van der Waals surface area contributed by atoms with E-state index in [2.05, 4.69) is 22.5 Å². The summed E-state index contributed by atoms with van der Waals surface area (Å²) in [5.41, 5.74) is 0.757. The number of rotatable bonds is 4. The Balaban J connectivity index is 1.64. The number of aromatic nitrogens is 1. The third kappa shape index (κ3) is 4.29. The molecule has 5 heteroatoms. The van der Waals surface area contributed by atoms with Crippen molar-refractivity contribution < 1.29 is 9.53 Å². The molecule has 0 saturated carbocycles. The van der Waals surface area contributed by atoms with Gasteiger partial charge in [0, 0.05) is 36.1 Å². The second-order valence-corrected chi connectivity index (χ2v) is 5.88. The molecule has 2 aromatic rings. The van der Waals surface area contributed by atoms with E-state index in [1.807, 2.05) is 24.3 Å². The van der Waals surface area contributed by atoms with Gasteiger partial charge in [-0.05, 0) is 50.6 Å². The summed E-state index contributed by atoms with van der Waals surface area (Å²) in [6.07, 6.45) is 5.11. The van der Waals surface area contributed by atoms with Gasteiger partial charge in [0.25, 0.3) is 0 Å². The fraction of sp³-hybridized carbons (Fsp3) is 0.333. The Labute approximate surface area is 136 Å². The van der Waals surface area contributed by atoms with Crippen molar-refractivity contribution in [2.24, 2.45) is 5.92 Å². The monoisotopic (exact) mass is 311 g/mol. The molecule has 1 aromatic carbocycles. The van der Waals surface area contributed by atoms with Crippen molar-refractivity contribution in [1.29, 1.82) is 0 Å². The number of hydrogen-bond acceptors (Lipinski definition) is 4. The van der Waals surface area contributed by atoms with Crippen LogP contribution in [-0.4, -0.2) is 23.5 Å². The second kappa shape index (κ2) is 7.24. The standard InChI is InChI=1S/C18H21N3O2/c1-13-11-14(5-10-20-13)18(22)21-15-3-2-4-17(12-15)23-16-6-8-19-9-7-16/h2-4,6-9,12-14,20H,5,10-11H2,1H3,(H,21,22)/t13-,14-/m0/s1. The number of benzene rings is 1. The van der Waals surface area contributed by atoms with Crippen LogP contribution in [0.4, 0.5) is 5.69 Å². The van der Waals surface area contributed by atoms with Gasteiger partial charge in [-0.1, -0.05) is 6.07 Å². The molecule has 2 N–H and O–H groups in total. The molecule has 1 aliphatic heterocycles. The lowest BCUT2D eigenvalue weighted by molar-refractivity contribution is -0.120. The minimum Gasteiger partial charge on any atom is -0.457 e. The Morgan fingerprint density at radius 2 is 2.09 bits per heavy atom. The van der Waals surface area contributed by atoms with E-state index in [4.69, 9.17) is 4.74 Å². The number of piperidine rings is 1. The van der Waals surface area contributed by atoms with Gasteiger partial charge in [0.2, 0.25) is 5.91 Å². The molecule has 0 radical (unpaired) electrons. The highest BCUT2D eigenvalue weighted by Crippen LogP contribution is 2.25. The van der Waals surface area contributed by atoms with Gasteiger partial charge in [0.1, 0.15) is 11.5 Å². The van der Waals surface area contributed by atoms with E-state index in [0.717, 1.165) is 30.8 Å². The Hall–Kier alpha value is -2.40. The van der Waals surface area contributed by atoms with E-state index in [-0.39, 0.29) is 11.8 Å². The van der Waals surface area contributed by atoms with Crippen LogP contribution in [0.15, 0.2) is 48.8 Å². The van der Waals surface area contributed by atoms with Gasteiger partial charge in [0.05, 0.1) is 0 Å². The summed E-state index contributed by atoms with van der Waals surface area (Å²) < 4.78 is 5.76. The molecular formula is C18H21N3O2. The number of nitrogens with zero attached hydrogens (tertiary/aromatic N) is 1. The molecule has 0 aliphatic carbocycles. The van der Waals surface area contributed by atoms with Crippen molar-refractivity contribution >= 4 is 11.6 Å². The van der Waals surface area contributed by atoms with Crippen molar-refractivity contribution in [3.05, 3.63) is 48.8 Å². The average Bonchev–Trinajstić information content (AvgIpc) is 2.56. The first-order valence-electron chi connectivity index (χ1n) is 7.93. The van der Waals surface area contributed by atoms with E-state index in [0.29, 0.717) is 11.8 Å². The van der Waals surface area contributed by atoms with Gasteiger partial charge in [-0.3, -0.25) is 9.78 Å². The van der Waals surface area contributed by atoms with Gasteiger partial charge in [-0.25, -0.2) is 0 Å². The molecule has 2 atom stereocenters. The largest absolute Gasteiger partial charge is 0.457 e. The van der Waals surface area contributed by atoms with Gasteiger partial charge < -0.3 is 15.4 Å². The maximum absolute atomic E-state index is 12.4. The predicted molar refractivity (Wildman–Crippen MR) is 89.6 cm³/mol. The fourth-order valence-corrected chi connectivity index (χ4v) is 2.79. The van der Waals surface area contributed by atoms with E-state index < -0.39 is 0 Å². The smallest absolute Gasteiger partial charge is 0.227 e. The van der Waals surface area contributed by atoms with Crippen LogP contribution in [0.2, 0.25) is 0 Å². The zero-order chi connectivity index (χ0) is 16.1. The van der Waals surface area contributed by atoms with Crippen LogP contribution in [0.25, 0.3) is 0 Å². The fourth-order valence-electron chi connectivity index (χ4n) is 2.79. The number of carbonyl (C=O) groups excluding carboxylic acids is 1. The summed E-state index contributed by atoms with van der Waals surface area (Å²) >= 11 is 0. The predicted octanol–water partition coefficient (Wildman–Crippen LogP) is 3.20. The summed E-state index contributed by atoms with van der Waals surface area (Å²) in [7, 11) is 0. The summed E-state index contributed by atoms with van der Waals surface area (Å²) in [6.45, 7) is 3.01.